The van der Waals surface area contributed by atoms with Crippen LogP contribution in [0.4, 0.5) is 5.82 Å². The first kappa shape index (κ1) is 8.16. The van der Waals surface area contributed by atoms with Crippen molar-refractivity contribution in [3.63, 3.8) is 0 Å². The SMILES string of the molecule is O=[C]c1cncc(N2CCCC2)n1. The van der Waals surface area contributed by atoms with E-state index >= 15 is 0 Å². The van der Waals surface area contributed by atoms with Crippen LogP contribution < -0.4 is 4.90 Å². The summed E-state index contributed by atoms with van der Waals surface area (Å²) in [7, 11) is 0. The summed E-state index contributed by atoms with van der Waals surface area (Å²) in [6, 6.07) is 0. The maximum atomic E-state index is 10.3. The van der Waals surface area contributed by atoms with Crippen LogP contribution in [0, 0.1) is 0 Å². The van der Waals surface area contributed by atoms with Crippen molar-refractivity contribution in [2.45, 2.75) is 12.8 Å². The molecule has 0 unspecified atom stereocenters. The second-order valence-corrected chi connectivity index (χ2v) is 3.06. The highest BCUT2D eigenvalue weighted by atomic mass is 16.1. The molecule has 0 amide bonds. The zero-order valence-electron chi connectivity index (χ0n) is 7.23. The third-order valence-corrected chi connectivity index (χ3v) is 2.16. The van der Waals surface area contributed by atoms with Crippen molar-refractivity contribution in [1.29, 1.82) is 0 Å². The molecule has 2 heterocycles. The molecule has 2 rings (SSSR count). The van der Waals surface area contributed by atoms with Gasteiger partial charge >= 0.3 is 0 Å². The van der Waals surface area contributed by atoms with Crippen molar-refractivity contribution in [3.05, 3.63) is 18.1 Å². The lowest BCUT2D eigenvalue weighted by Crippen LogP contribution is -2.19. The van der Waals surface area contributed by atoms with Gasteiger partial charge in [-0.2, -0.15) is 0 Å². The zero-order valence-corrected chi connectivity index (χ0v) is 7.23. The van der Waals surface area contributed by atoms with Crippen LogP contribution in [0.25, 0.3) is 0 Å². The third-order valence-electron chi connectivity index (χ3n) is 2.16. The van der Waals surface area contributed by atoms with E-state index in [-0.39, 0.29) is 5.69 Å². The molecule has 4 nitrogen and oxygen atoms in total. The highest BCUT2D eigenvalue weighted by molar-refractivity contribution is 5.72. The molecule has 1 saturated heterocycles. The van der Waals surface area contributed by atoms with Crippen LogP contribution in [0.2, 0.25) is 0 Å². The molecule has 13 heavy (non-hydrogen) atoms. The van der Waals surface area contributed by atoms with Gasteiger partial charge in [-0.3, -0.25) is 9.78 Å². The summed E-state index contributed by atoms with van der Waals surface area (Å²) in [5.41, 5.74) is 0.282. The smallest absolute Gasteiger partial charge is 0.255 e. The molecule has 0 saturated carbocycles. The van der Waals surface area contributed by atoms with Crippen LogP contribution in [-0.4, -0.2) is 29.3 Å². The van der Waals surface area contributed by atoms with Gasteiger partial charge in [0.1, 0.15) is 11.5 Å². The monoisotopic (exact) mass is 176 g/mol. The van der Waals surface area contributed by atoms with Gasteiger partial charge in [0, 0.05) is 13.1 Å². The first-order valence-corrected chi connectivity index (χ1v) is 4.35. The Morgan fingerprint density at radius 2 is 2.08 bits per heavy atom. The van der Waals surface area contributed by atoms with Crippen molar-refractivity contribution in [3.8, 4) is 0 Å². The predicted octanol–water partition coefficient (Wildman–Crippen LogP) is 0.535. The fraction of sp³-hybridized carbons (Fsp3) is 0.444. The van der Waals surface area contributed by atoms with E-state index in [1.165, 1.54) is 19.0 Å². The van der Waals surface area contributed by atoms with Gasteiger partial charge in [0.2, 0.25) is 0 Å². The maximum absolute atomic E-state index is 10.3. The van der Waals surface area contributed by atoms with Crippen LogP contribution in [-0.2, 0) is 4.79 Å². The minimum atomic E-state index is 0.282. The van der Waals surface area contributed by atoms with Crippen LogP contribution in [0.15, 0.2) is 12.4 Å². The van der Waals surface area contributed by atoms with Gasteiger partial charge in [-0.1, -0.05) is 0 Å². The van der Waals surface area contributed by atoms with E-state index in [1.54, 1.807) is 12.5 Å². The fourth-order valence-corrected chi connectivity index (χ4v) is 1.50. The van der Waals surface area contributed by atoms with Crippen molar-refractivity contribution >= 4 is 12.1 Å². The molecule has 1 aliphatic rings. The van der Waals surface area contributed by atoms with Gasteiger partial charge in [0.25, 0.3) is 6.29 Å². The molecular weight excluding hydrogens is 166 g/mol. The highest BCUT2D eigenvalue weighted by Gasteiger charge is 2.13. The van der Waals surface area contributed by atoms with E-state index in [9.17, 15) is 4.79 Å². The van der Waals surface area contributed by atoms with Crippen molar-refractivity contribution in [1.82, 2.24) is 9.97 Å². The topological polar surface area (TPSA) is 46.1 Å². The van der Waals surface area contributed by atoms with Crippen molar-refractivity contribution in [2.24, 2.45) is 0 Å². The number of anilines is 1. The number of hydrogen-bond acceptors (Lipinski definition) is 4. The van der Waals surface area contributed by atoms with Crippen LogP contribution in [0.5, 0.6) is 0 Å². The Kier molecular flexibility index (Phi) is 2.21. The van der Waals surface area contributed by atoms with E-state index < -0.39 is 0 Å². The summed E-state index contributed by atoms with van der Waals surface area (Å²) in [5, 5.41) is 0. The second-order valence-electron chi connectivity index (χ2n) is 3.06. The number of rotatable bonds is 2. The Bertz CT molecular complexity index is 307. The lowest BCUT2D eigenvalue weighted by molar-refractivity contribution is 0.561. The van der Waals surface area contributed by atoms with Gasteiger partial charge in [0.05, 0.1) is 12.4 Å². The molecule has 1 aromatic heterocycles. The van der Waals surface area contributed by atoms with Gasteiger partial charge in [-0.15, -0.1) is 0 Å². The Labute approximate surface area is 76.6 Å². The van der Waals surface area contributed by atoms with E-state index in [1.807, 2.05) is 0 Å². The highest BCUT2D eigenvalue weighted by Crippen LogP contribution is 2.15. The van der Waals surface area contributed by atoms with E-state index in [2.05, 4.69) is 14.9 Å². The first-order valence-electron chi connectivity index (χ1n) is 4.35. The zero-order chi connectivity index (χ0) is 9.10. The molecule has 1 radical (unpaired) electrons. The molecule has 4 heteroatoms. The lowest BCUT2D eigenvalue weighted by Gasteiger charge is -2.15. The van der Waals surface area contributed by atoms with E-state index in [4.69, 9.17) is 0 Å². The standard InChI is InChI=1S/C9H10N3O/c13-7-8-5-10-6-9(11-8)12-3-1-2-4-12/h5-6H,1-4H2. The number of carbonyl (C=O) groups excluding carboxylic acids is 1. The summed E-state index contributed by atoms with van der Waals surface area (Å²) >= 11 is 0. The van der Waals surface area contributed by atoms with Crippen LogP contribution in [0.3, 0.4) is 0 Å². The quantitative estimate of drug-likeness (QED) is 0.659. The average Bonchev–Trinajstić information content (AvgIpc) is 2.71. The van der Waals surface area contributed by atoms with Crippen LogP contribution >= 0.6 is 0 Å². The van der Waals surface area contributed by atoms with E-state index in [0.29, 0.717) is 0 Å². The van der Waals surface area contributed by atoms with Crippen molar-refractivity contribution < 1.29 is 4.79 Å². The molecule has 0 bridgehead atoms. The summed E-state index contributed by atoms with van der Waals surface area (Å²) in [6.45, 7) is 2.02. The molecule has 0 N–H and O–H groups in total. The fourth-order valence-electron chi connectivity index (χ4n) is 1.50. The molecule has 1 aromatic rings. The Balaban J connectivity index is 2.23. The number of hydrogen-bond donors (Lipinski definition) is 0. The normalized spacial score (nSPS) is 16.2. The first-order chi connectivity index (χ1) is 6.40. The third kappa shape index (κ3) is 1.66. The van der Waals surface area contributed by atoms with Gasteiger partial charge < -0.3 is 4.90 Å². The summed E-state index contributed by atoms with van der Waals surface area (Å²) in [5.74, 6) is 0.790. The summed E-state index contributed by atoms with van der Waals surface area (Å²) in [4.78, 5) is 20.5. The molecular formula is C9H10N3O. The molecule has 0 aromatic carbocycles. The largest absolute Gasteiger partial charge is 0.355 e. The number of nitrogens with zero attached hydrogens (tertiary/aromatic N) is 3. The predicted molar refractivity (Wildman–Crippen MR) is 48.3 cm³/mol. The molecule has 0 spiro atoms. The van der Waals surface area contributed by atoms with Gasteiger partial charge in [0.15, 0.2) is 0 Å². The minimum Gasteiger partial charge on any atom is -0.355 e. The molecule has 1 aliphatic heterocycles. The maximum Gasteiger partial charge on any atom is 0.255 e. The average molecular weight is 176 g/mol. The molecule has 0 aliphatic carbocycles. The summed E-state index contributed by atoms with van der Waals surface area (Å²) in [6.07, 6.45) is 7.23. The molecule has 0 atom stereocenters. The molecule has 67 valence electrons. The minimum absolute atomic E-state index is 0.282. The van der Waals surface area contributed by atoms with Crippen LogP contribution in [0.1, 0.15) is 18.5 Å². The van der Waals surface area contributed by atoms with E-state index in [0.717, 1.165) is 18.9 Å². The Hall–Kier alpha value is -1.45. The Morgan fingerprint density at radius 3 is 2.77 bits per heavy atom. The number of aromatic nitrogens is 2. The summed E-state index contributed by atoms with van der Waals surface area (Å²) < 4.78 is 0. The van der Waals surface area contributed by atoms with Gasteiger partial charge in [-0.05, 0) is 12.8 Å². The lowest BCUT2D eigenvalue weighted by atomic mass is 10.4. The second kappa shape index (κ2) is 3.51. The Morgan fingerprint density at radius 1 is 1.31 bits per heavy atom. The van der Waals surface area contributed by atoms with Crippen molar-refractivity contribution in [2.75, 3.05) is 18.0 Å². The van der Waals surface area contributed by atoms with Gasteiger partial charge in [-0.25, -0.2) is 4.98 Å². The molecule has 1 fully saturated rings.